The molecule has 0 bridgehead atoms. The van der Waals surface area contributed by atoms with Crippen LogP contribution in [-0.2, 0) is 51.9 Å². The van der Waals surface area contributed by atoms with Crippen LogP contribution in [0.3, 0.4) is 0 Å². The van der Waals surface area contributed by atoms with E-state index < -0.39 is 0 Å². The second-order valence-corrected chi connectivity index (χ2v) is 14.9. The first-order valence-corrected chi connectivity index (χ1v) is 19.9. The van der Waals surface area contributed by atoms with Crippen molar-refractivity contribution < 1.29 is 26.2 Å². The third-order valence-electron chi connectivity index (χ3n) is 8.56. The molecule has 48 heavy (non-hydrogen) atoms. The number of aryl methyl sites for hydroxylation is 2. The summed E-state index contributed by atoms with van der Waals surface area (Å²) in [6.45, 7) is 18.0. The molecule has 2 heteroatoms. The maximum atomic E-state index is 2.40. The minimum absolute atomic E-state index is 0. The van der Waals surface area contributed by atoms with Gasteiger partial charge in [-0.1, -0.05) is 139 Å². The maximum absolute atomic E-state index is 2.40. The smallest absolute Gasteiger partial charge is 0.164 e. The summed E-state index contributed by atoms with van der Waals surface area (Å²) in [4.78, 5) is 0. The molecule has 0 aliphatic carbocycles. The van der Waals surface area contributed by atoms with Gasteiger partial charge in [-0.15, -0.1) is 69.1 Å². The van der Waals surface area contributed by atoms with Gasteiger partial charge in [0, 0.05) is 9.52 Å². The number of hydrogen-bond acceptors (Lipinski definition) is 0. The molecular formula is C46H56SiZr. The fourth-order valence-corrected chi connectivity index (χ4v) is 6.78. The quantitative estimate of drug-likeness (QED) is 0.0973. The zero-order valence-corrected chi connectivity index (χ0v) is 34.2. The fraction of sp³-hybridized carbons (Fsp3) is 0.348. The molecule has 0 spiro atoms. The second-order valence-electron chi connectivity index (χ2n) is 13.9. The van der Waals surface area contributed by atoms with Crippen LogP contribution in [0.2, 0.25) is 13.1 Å². The molecule has 6 aromatic rings. The van der Waals surface area contributed by atoms with Gasteiger partial charge < -0.3 is 0 Å². The molecule has 0 saturated heterocycles. The van der Waals surface area contributed by atoms with Gasteiger partial charge >= 0.3 is 26.2 Å². The Balaban J connectivity index is 0.000000236. The Bertz CT molecular complexity index is 1680. The van der Waals surface area contributed by atoms with Crippen molar-refractivity contribution in [1.82, 2.24) is 0 Å². The zero-order chi connectivity index (χ0) is 33.8. The first kappa shape index (κ1) is 39.6. The van der Waals surface area contributed by atoms with E-state index in [1.165, 1.54) is 78.9 Å². The summed E-state index contributed by atoms with van der Waals surface area (Å²) < 4.78 is 0. The zero-order valence-electron chi connectivity index (χ0n) is 30.8. The van der Waals surface area contributed by atoms with Gasteiger partial charge in [0.25, 0.3) is 0 Å². The average molecular weight is 728 g/mol. The molecule has 0 nitrogen and oxygen atoms in total. The molecule has 0 aromatic heterocycles. The van der Waals surface area contributed by atoms with Gasteiger partial charge in [-0.05, 0) is 59.8 Å². The van der Waals surface area contributed by atoms with Crippen LogP contribution >= 0.6 is 0 Å². The first-order chi connectivity index (χ1) is 22.8. The van der Waals surface area contributed by atoms with Crippen molar-refractivity contribution in [1.29, 1.82) is 0 Å². The van der Waals surface area contributed by atoms with Gasteiger partial charge in [0.15, 0.2) is 0 Å². The molecule has 6 aromatic carbocycles. The van der Waals surface area contributed by atoms with Crippen LogP contribution < -0.4 is 0 Å². The number of rotatable bonds is 10. The van der Waals surface area contributed by atoms with E-state index in [4.69, 9.17) is 0 Å². The van der Waals surface area contributed by atoms with Crippen LogP contribution in [0.15, 0.2) is 109 Å². The van der Waals surface area contributed by atoms with Crippen molar-refractivity contribution >= 4 is 31.1 Å². The van der Waals surface area contributed by atoms with Crippen molar-refractivity contribution in [2.45, 2.75) is 93.2 Å². The summed E-state index contributed by atoms with van der Waals surface area (Å²) >= 11 is 0. The number of benzene rings is 4. The normalized spacial score (nSPS) is 10.9. The van der Waals surface area contributed by atoms with E-state index in [1.54, 1.807) is 0 Å². The van der Waals surface area contributed by atoms with E-state index in [2.05, 4.69) is 164 Å². The summed E-state index contributed by atoms with van der Waals surface area (Å²) in [5, 5.41) is 5.56. The SMILES string of the molecule is CCCc1ccccc1-c1cccc2[cH-]c(CC(C)C)cc12.CCCc1ccccc1-c1cccc2[cH-]c(CC(C)C)cc12.C[Si]C.[Zr+2]. The molecule has 0 unspecified atom stereocenters. The number of fused-ring (bicyclic) bond motifs is 2. The maximum Gasteiger partial charge on any atom is 2.00 e. The van der Waals surface area contributed by atoms with Crippen LogP contribution in [0.25, 0.3) is 43.8 Å². The van der Waals surface area contributed by atoms with Gasteiger partial charge in [-0.25, -0.2) is 0 Å². The van der Waals surface area contributed by atoms with Gasteiger partial charge in [-0.3, -0.25) is 0 Å². The van der Waals surface area contributed by atoms with Gasteiger partial charge in [0.2, 0.25) is 0 Å². The summed E-state index contributed by atoms with van der Waals surface area (Å²) in [5.74, 6) is 1.40. The fourth-order valence-electron chi connectivity index (χ4n) is 6.78. The van der Waals surface area contributed by atoms with Gasteiger partial charge in [0.1, 0.15) is 0 Å². The van der Waals surface area contributed by atoms with Crippen molar-refractivity contribution in [3.05, 3.63) is 131 Å². The molecule has 0 fully saturated rings. The van der Waals surface area contributed by atoms with E-state index in [9.17, 15) is 0 Å². The van der Waals surface area contributed by atoms with Crippen molar-refractivity contribution in [2.24, 2.45) is 11.8 Å². The van der Waals surface area contributed by atoms with Crippen LogP contribution in [0.4, 0.5) is 0 Å². The molecule has 0 heterocycles. The Morgan fingerprint density at radius 1 is 0.521 bits per heavy atom. The monoisotopic (exact) mass is 726 g/mol. The van der Waals surface area contributed by atoms with Gasteiger partial charge in [0.05, 0.1) is 0 Å². The third kappa shape index (κ3) is 10.6. The molecule has 0 N–H and O–H groups in total. The molecule has 0 aliphatic rings. The van der Waals surface area contributed by atoms with Crippen LogP contribution in [0.1, 0.15) is 76.6 Å². The molecule has 0 aliphatic heterocycles. The molecule has 2 radical (unpaired) electrons. The Morgan fingerprint density at radius 3 is 1.23 bits per heavy atom. The van der Waals surface area contributed by atoms with E-state index in [-0.39, 0.29) is 26.2 Å². The minimum atomic E-state index is 0. The third-order valence-corrected chi connectivity index (χ3v) is 8.56. The van der Waals surface area contributed by atoms with Crippen molar-refractivity contribution in [3.8, 4) is 22.3 Å². The molecule has 6 rings (SSSR count). The van der Waals surface area contributed by atoms with E-state index in [0.29, 0.717) is 11.8 Å². The Kier molecular flexibility index (Phi) is 16.5. The van der Waals surface area contributed by atoms with E-state index >= 15 is 0 Å². The average Bonchev–Trinajstić information content (AvgIpc) is 3.65. The topological polar surface area (TPSA) is 0 Å². The number of hydrogen-bond donors (Lipinski definition) is 0. The van der Waals surface area contributed by atoms with Crippen molar-refractivity contribution in [2.75, 3.05) is 0 Å². The Hall–Kier alpha value is -2.80. The molecule has 0 saturated carbocycles. The standard InChI is InChI=1S/2C22H25.C2H6Si.Zr/c2*1-4-8-18-9-5-6-11-20(18)21-12-7-10-19-14-17(13-16(2)3)15-22(19)21;1-3-2;/h2*5-7,9-12,14-16H,4,8,13H2,1-3H3;1-2H3;/q2*-1;;+2. The summed E-state index contributed by atoms with van der Waals surface area (Å²) in [6, 6.07) is 40.7. The van der Waals surface area contributed by atoms with Crippen LogP contribution in [-0.4, -0.2) is 9.52 Å². The largest absolute Gasteiger partial charge is 2.00 e. The molecule has 0 amide bonds. The van der Waals surface area contributed by atoms with Crippen LogP contribution in [0.5, 0.6) is 0 Å². The predicted molar refractivity (Wildman–Crippen MR) is 213 cm³/mol. The van der Waals surface area contributed by atoms with E-state index in [1.807, 2.05) is 0 Å². The molecule has 0 atom stereocenters. The van der Waals surface area contributed by atoms with Crippen LogP contribution in [0, 0.1) is 11.8 Å². The molecular weight excluding hydrogens is 672 g/mol. The van der Waals surface area contributed by atoms with Gasteiger partial charge in [-0.2, -0.15) is 12.1 Å². The van der Waals surface area contributed by atoms with Crippen molar-refractivity contribution in [3.63, 3.8) is 0 Å². The molecule has 248 valence electrons. The Morgan fingerprint density at radius 2 is 0.875 bits per heavy atom. The predicted octanol–water partition coefficient (Wildman–Crippen LogP) is 13.5. The summed E-state index contributed by atoms with van der Waals surface area (Å²) in [7, 11) is 1.08. The minimum Gasteiger partial charge on any atom is -0.164 e. The summed E-state index contributed by atoms with van der Waals surface area (Å²) in [6.07, 6.45) is 6.98. The van der Waals surface area contributed by atoms with E-state index in [0.717, 1.165) is 35.2 Å². The summed E-state index contributed by atoms with van der Waals surface area (Å²) in [5.41, 5.74) is 11.4. The first-order valence-electron chi connectivity index (χ1n) is 17.9. The second kappa shape index (κ2) is 20.0. The Labute approximate surface area is 314 Å².